The van der Waals surface area contributed by atoms with Crippen molar-refractivity contribution in [3.63, 3.8) is 0 Å². The van der Waals surface area contributed by atoms with Gasteiger partial charge in [0.05, 0.1) is 0 Å². The molecule has 22 heavy (non-hydrogen) atoms. The lowest BCUT2D eigenvalue weighted by atomic mass is 9.92. The number of hydrogen-bond donors (Lipinski definition) is 2. The van der Waals surface area contributed by atoms with Crippen LogP contribution in [0.25, 0.3) is 0 Å². The minimum absolute atomic E-state index is 0.231. The number of carbonyl (C=O) groups is 1. The van der Waals surface area contributed by atoms with Crippen molar-refractivity contribution in [2.45, 2.75) is 41.9 Å². The summed E-state index contributed by atoms with van der Waals surface area (Å²) in [6.45, 7) is 0.949. The number of nitrogens with one attached hydrogen (secondary N) is 1. The number of carboxylic acid groups (broad SMARTS) is 1. The van der Waals surface area contributed by atoms with E-state index in [0.717, 1.165) is 29.7 Å². The summed E-state index contributed by atoms with van der Waals surface area (Å²) in [6, 6.07) is 0.740. The highest BCUT2D eigenvalue weighted by Crippen LogP contribution is 2.44. The Morgan fingerprint density at radius 1 is 1.32 bits per heavy atom. The van der Waals surface area contributed by atoms with Gasteiger partial charge in [-0.05, 0) is 54.5 Å². The predicted octanol–water partition coefficient (Wildman–Crippen LogP) is 1.78. The van der Waals surface area contributed by atoms with Gasteiger partial charge in [-0.15, -0.1) is 11.3 Å². The maximum absolute atomic E-state index is 12.6. The first kappa shape index (κ1) is 15.9. The Morgan fingerprint density at radius 2 is 2.00 bits per heavy atom. The number of sulfonamides is 1. The topological polar surface area (TPSA) is 92.7 Å². The molecule has 8 heteroatoms. The van der Waals surface area contributed by atoms with Gasteiger partial charge in [-0.25, -0.2) is 8.42 Å². The zero-order chi connectivity index (χ0) is 15.7. The quantitative estimate of drug-likeness (QED) is 0.820. The number of thiophene rings is 1. The van der Waals surface area contributed by atoms with Crippen LogP contribution in [-0.4, -0.2) is 38.7 Å². The molecule has 2 heterocycles. The monoisotopic (exact) mass is 345 g/mol. The molecule has 0 amide bonds. The number of ether oxygens (including phenoxy) is 1. The minimum atomic E-state index is -3.80. The van der Waals surface area contributed by atoms with Gasteiger partial charge in [-0.2, -0.15) is 4.72 Å². The molecule has 1 aromatic heterocycles. The molecular formula is C14H19NO5S2. The second-order valence-electron chi connectivity index (χ2n) is 5.82. The third-order valence-electron chi connectivity index (χ3n) is 4.21. The summed E-state index contributed by atoms with van der Waals surface area (Å²) < 4.78 is 33.1. The molecule has 1 unspecified atom stereocenters. The lowest BCUT2D eigenvalue weighted by Gasteiger charge is -2.27. The fourth-order valence-electron chi connectivity index (χ4n) is 2.84. The van der Waals surface area contributed by atoms with Crippen LogP contribution in [0.2, 0.25) is 0 Å². The lowest BCUT2D eigenvalue weighted by Crippen LogP contribution is -2.47. The van der Waals surface area contributed by atoms with Gasteiger partial charge in [0.1, 0.15) is 10.3 Å². The fraction of sp³-hybridized carbons (Fsp3) is 0.643. The highest BCUT2D eigenvalue weighted by atomic mass is 32.2. The molecule has 122 valence electrons. The molecule has 2 N–H and O–H groups in total. The maximum Gasteiger partial charge on any atom is 0.322 e. The molecule has 2 fully saturated rings. The van der Waals surface area contributed by atoms with Crippen LogP contribution in [-0.2, 0) is 19.6 Å². The van der Waals surface area contributed by atoms with Gasteiger partial charge in [0, 0.05) is 13.2 Å². The van der Waals surface area contributed by atoms with E-state index in [2.05, 4.69) is 4.72 Å². The maximum atomic E-state index is 12.6. The first-order chi connectivity index (χ1) is 10.5. The summed E-state index contributed by atoms with van der Waals surface area (Å²) >= 11 is 1.16. The van der Waals surface area contributed by atoms with E-state index in [0.29, 0.717) is 32.0 Å². The van der Waals surface area contributed by atoms with Crippen molar-refractivity contribution in [1.82, 2.24) is 4.72 Å². The van der Waals surface area contributed by atoms with Crippen LogP contribution in [0.15, 0.2) is 15.7 Å². The van der Waals surface area contributed by atoms with Gasteiger partial charge in [-0.1, -0.05) is 0 Å². The Hall–Kier alpha value is -0.960. The van der Waals surface area contributed by atoms with E-state index in [1.165, 1.54) is 0 Å². The summed E-state index contributed by atoms with van der Waals surface area (Å²) in [5, 5.41) is 11.2. The van der Waals surface area contributed by atoms with Crippen LogP contribution in [0.1, 0.15) is 37.2 Å². The molecule has 1 saturated carbocycles. The first-order valence-electron chi connectivity index (χ1n) is 7.39. The van der Waals surface area contributed by atoms with Crippen molar-refractivity contribution in [3.05, 3.63) is 17.0 Å². The average molecular weight is 345 g/mol. The van der Waals surface area contributed by atoms with Crippen molar-refractivity contribution >= 4 is 27.3 Å². The zero-order valence-electron chi connectivity index (χ0n) is 12.0. The minimum Gasteiger partial charge on any atom is -0.480 e. The first-order valence-corrected chi connectivity index (χ1v) is 9.75. The van der Waals surface area contributed by atoms with E-state index in [9.17, 15) is 18.3 Å². The Labute approximate surface area is 133 Å². The average Bonchev–Trinajstić information content (AvgIpc) is 3.22. The van der Waals surface area contributed by atoms with Crippen LogP contribution in [0.4, 0.5) is 0 Å². The van der Waals surface area contributed by atoms with Gasteiger partial charge in [0.15, 0.2) is 0 Å². The van der Waals surface area contributed by atoms with Crippen LogP contribution < -0.4 is 4.72 Å². The van der Waals surface area contributed by atoms with E-state index < -0.39 is 22.0 Å². The number of rotatable bonds is 6. The van der Waals surface area contributed by atoms with Crippen LogP contribution >= 0.6 is 11.3 Å². The summed E-state index contributed by atoms with van der Waals surface area (Å²) in [5.74, 6) is -1.05. The zero-order valence-corrected chi connectivity index (χ0v) is 13.7. The molecule has 0 spiro atoms. The van der Waals surface area contributed by atoms with E-state index in [1.54, 1.807) is 5.38 Å². The Kier molecular flexibility index (Phi) is 4.54. The van der Waals surface area contributed by atoms with E-state index in [1.807, 2.05) is 6.07 Å². The summed E-state index contributed by atoms with van der Waals surface area (Å²) in [7, 11) is -3.80. The van der Waals surface area contributed by atoms with Crippen LogP contribution in [0, 0.1) is 5.92 Å². The van der Waals surface area contributed by atoms with Crippen LogP contribution in [0.3, 0.4) is 0 Å². The van der Waals surface area contributed by atoms with E-state index >= 15 is 0 Å². The molecule has 0 aromatic carbocycles. The molecule has 1 atom stereocenters. The molecule has 0 radical (unpaired) electrons. The Bertz CT molecular complexity index is 644. The van der Waals surface area contributed by atoms with Gasteiger partial charge < -0.3 is 9.84 Å². The summed E-state index contributed by atoms with van der Waals surface area (Å²) in [5.41, 5.74) is 0.827. The summed E-state index contributed by atoms with van der Waals surface area (Å²) in [4.78, 5) is 11.5. The third-order valence-corrected chi connectivity index (χ3v) is 7.16. The molecule has 1 aliphatic heterocycles. The van der Waals surface area contributed by atoms with E-state index in [-0.39, 0.29) is 10.1 Å². The normalized spacial score (nSPS) is 21.6. The van der Waals surface area contributed by atoms with Crippen molar-refractivity contribution in [2.24, 2.45) is 5.92 Å². The van der Waals surface area contributed by atoms with Crippen molar-refractivity contribution in [1.29, 1.82) is 0 Å². The molecule has 2 aliphatic rings. The van der Waals surface area contributed by atoms with Crippen molar-refractivity contribution in [2.75, 3.05) is 13.2 Å². The Balaban J connectivity index is 1.81. The second kappa shape index (κ2) is 6.27. The number of hydrogen-bond acceptors (Lipinski definition) is 5. The van der Waals surface area contributed by atoms with E-state index in [4.69, 9.17) is 4.74 Å². The number of carboxylic acids is 1. The fourth-order valence-corrected chi connectivity index (χ4v) is 5.65. The van der Waals surface area contributed by atoms with Crippen molar-refractivity contribution in [3.8, 4) is 0 Å². The van der Waals surface area contributed by atoms with Crippen molar-refractivity contribution < 1.29 is 23.1 Å². The highest BCUT2D eigenvalue weighted by Gasteiger charge is 2.37. The van der Waals surface area contributed by atoms with Gasteiger partial charge >= 0.3 is 5.97 Å². The van der Waals surface area contributed by atoms with Gasteiger partial charge in [0.2, 0.25) is 0 Å². The Morgan fingerprint density at radius 3 is 2.59 bits per heavy atom. The van der Waals surface area contributed by atoms with Gasteiger partial charge in [0.25, 0.3) is 10.0 Å². The molecule has 1 aliphatic carbocycles. The number of aliphatic carboxylic acids is 1. The SMILES string of the molecule is O=C(O)C(NS(=O)(=O)c1sccc1C1CC1)C1CCOCC1. The highest BCUT2D eigenvalue weighted by molar-refractivity contribution is 7.91. The standard InChI is InChI=1S/C14H19NO5S2/c16-13(17)12(10-3-6-20-7-4-10)15-22(18,19)14-11(5-8-21-14)9-1-2-9/h5,8-10,12,15H,1-4,6-7H2,(H,16,17). The third kappa shape index (κ3) is 3.34. The lowest BCUT2D eigenvalue weighted by molar-refractivity contribution is -0.141. The summed E-state index contributed by atoms with van der Waals surface area (Å²) in [6.07, 6.45) is 3.11. The molecule has 3 rings (SSSR count). The molecule has 6 nitrogen and oxygen atoms in total. The van der Waals surface area contributed by atoms with Gasteiger partial charge in [-0.3, -0.25) is 4.79 Å². The largest absolute Gasteiger partial charge is 0.480 e. The molecular weight excluding hydrogens is 326 g/mol. The smallest absolute Gasteiger partial charge is 0.322 e. The second-order valence-corrected chi connectivity index (χ2v) is 8.65. The molecule has 1 saturated heterocycles. The molecule has 1 aromatic rings. The predicted molar refractivity (Wildman–Crippen MR) is 81.6 cm³/mol. The van der Waals surface area contributed by atoms with Crippen LogP contribution in [0.5, 0.6) is 0 Å². The molecule has 0 bridgehead atoms.